The largest absolute Gasteiger partial charge is 0.513 e. The molecule has 0 unspecified atom stereocenters. The summed E-state index contributed by atoms with van der Waals surface area (Å²) in [5, 5.41) is 0.226. The fourth-order valence-corrected chi connectivity index (χ4v) is 2.60. The van der Waals surface area contributed by atoms with Crippen LogP contribution in [0.25, 0.3) is 0 Å². The van der Waals surface area contributed by atoms with E-state index in [-0.39, 0.29) is 10.8 Å². The fourth-order valence-electron chi connectivity index (χ4n) is 2.31. The topological polar surface area (TPSA) is 44.8 Å². The summed E-state index contributed by atoms with van der Waals surface area (Å²) < 4.78 is 68.2. The van der Waals surface area contributed by atoms with E-state index in [2.05, 4.69) is 4.74 Å². The standard InChI is InChI=1S/C18H15ClF4O4/c1-3-10-7-14(20)16(8-13(10)19)26-9-11-12(18(21,22)23)5-4-6-15(11)27-17(24)25-2/h4-8H,3,9H2,1-2H3. The monoisotopic (exact) mass is 406 g/mol. The van der Waals surface area contributed by atoms with E-state index in [1.807, 2.05) is 0 Å². The van der Waals surface area contributed by atoms with Crippen molar-refractivity contribution in [2.24, 2.45) is 0 Å². The summed E-state index contributed by atoms with van der Waals surface area (Å²) in [6.07, 6.45) is -5.46. The van der Waals surface area contributed by atoms with E-state index in [0.717, 1.165) is 31.4 Å². The Bertz CT molecular complexity index is 837. The van der Waals surface area contributed by atoms with Gasteiger partial charge in [0.25, 0.3) is 0 Å². The van der Waals surface area contributed by atoms with Gasteiger partial charge in [0.05, 0.1) is 12.7 Å². The zero-order valence-electron chi connectivity index (χ0n) is 14.3. The maximum Gasteiger partial charge on any atom is 0.513 e. The number of carbonyl (C=O) groups is 1. The predicted octanol–water partition coefficient (Wildman–Crippen LogP) is 5.78. The van der Waals surface area contributed by atoms with Crippen molar-refractivity contribution in [1.82, 2.24) is 0 Å². The number of rotatable bonds is 5. The first-order chi connectivity index (χ1) is 12.7. The molecule has 0 amide bonds. The van der Waals surface area contributed by atoms with Crippen molar-refractivity contribution < 1.29 is 36.6 Å². The minimum Gasteiger partial charge on any atom is -0.486 e. The van der Waals surface area contributed by atoms with Gasteiger partial charge in [-0.2, -0.15) is 13.2 Å². The molecule has 0 aliphatic heterocycles. The van der Waals surface area contributed by atoms with Crippen molar-refractivity contribution in [3.8, 4) is 11.5 Å². The molecule has 0 aliphatic carbocycles. The van der Waals surface area contributed by atoms with Gasteiger partial charge in [0.15, 0.2) is 11.6 Å². The minimum absolute atomic E-state index is 0.226. The van der Waals surface area contributed by atoms with Gasteiger partial charge in [0.2, 0.25) is 0 Å². The van der Waals surface area contributed by atoms with Crippen molar-refractivity contribution in [2.45, 2.75) is 26.1 Å². The molecule has 0 saturated heterocycles. The van der Waals surface area contributed by atoms with Crippen molar-refractivity contribution in [3.05, 3.63) is 57.9 Å². The number of benzene rings is 2. The normalized spacial score (nSPS) is 11.2. The molecule has 0 aromatic heterocycles. The van der Waals surface area contributed by atoms with Gasteiger partial charge in [0, 0.05) is 16.7 Å². The second kappa shape index (κ2) is 8.47. The molecule has 0 fully saturated rings. The lowest BCUT2D eigenvalue weighted by Gasteiger charge is -2.17. The van der Waals surface area contributed by atoms with E-state index in [9.17, 15) is 22.4 Å². The summed E-state index contributed by atoms with van der Waals surface area (Å²) in [5.74, 6) is -1.50. The van der Waals surface area contributed by atoms with Crippen LogP contribution in [0.15, 0.2) is 30.3 Å². The van der Waals surface area contributed by atoms with Gasteiger partial charge >= 0.3 is 12.3 Å². The molecule has 0 bridgehead atoms. The average molecular weight is 407 g/mol. The third-order valence-corrected chi connectivity index (χ3v) is 4.00. The Morgan fingerprint density at radius 2 is 1.89 bits per heavy atom. The molecule has 4 nitrogen and oxygen atoms in total. The molecule has 2 aromatic rings. The van der Waals surface area contributed by atoms with Gasteiger partial charge in [-0.05, 0) is 30.2 Å². The number of ether oxygens (including phenoxy) is 3. The van der Waals surface area contributed by atoms with E-state index in [1.54, 1.807) is 6.92 Å². The van der Waals surface area contributed by atoms with E-state index < -0.39 is 41.6 Å². The number of carbonyl (C=O) groups excluding carboxylic acids is 1. The van der Waals surface area contributed by atoms with Crippen molar-refractivity contribution >= 4 is 17.8 Å². The molecule has 0 heterocycles. The Hall–Kier alpha value is -2.48. The van der Waals surface area contributed by atoms with Crippen LogP contribution in [-0.2, 0) is 23.9 Å². The SMILES string of the molecule is CCc1cc(F)c(OCc2c(OC(=O)OC)cccc2C(F)(F)F)cc1Cl. The molecule has 0 aliphatic rings. The first kappa shape index (κ1) is 20.8. The number of halogens is 5. The molecule has 0 saturated carbocycles. The lowest BCUT2D eigenvalue weighted by Crippen LogP contribution is -2.15. The highest BCUT2D eigenvalue weighted by atomic mass is 35.5. The van der Waals surface area contributed by atoms with Gasteiger partial charge in [-0.1, -0.05) is 24.6 Å². The third-order valence-electron chi connectivity index (χ3n) is 3.65. The van der Waals surface area contributed by atoms with Crippen LogP contribution in [-0.4, -0.2) is 13.3 Å². The summed E-state index contributed by atoms with van der Waals surface area (Å²) in [7, 11) is 1.01. The van der Waals surface area contributed by atoms with Crippen LogP contribution in [0.2, 0.25) is 5.02 Å². The van der Waals surface area contributed by atoms with E-state index >= 15 is 0 Å². The van der Waals surface area contributed by atoms with Gasteiger partial charge in [-0.15, -0.1) is 0 Å². The lowest BCUT2D eigenvalue weighted by atomic mass is 10.1. The van der Waals surface area contributed by atoms with E-state index in [4.69, 9.17) is 21.1 Å². The van der Waals surface area contributed by atoms with Crippen molar-refractivity contribution in [2.75, 3.05) is 7.11 Å². The summed E-state index contributed by atoms with van der Waals surface area (Å²) in [4.78, 5) is 11.3. The van der Waals surface area contributed by atoms with Crippen molar-refractivity contribution in [1.29, 1.82) is 0 Å². The number of hydrogen-bond donors (Lipinski definition) is 0. The summed E-state index contributed by atoms with van der Waals surface area (Å²) in [6, 6.07) is 5.35. The molecule has 2 aromatic carbocycles. The van der Waals surface area contributed by atoms with Crippen LogP contribution in [0.5, 0.6) is 11.5 Å². The molecule has 146 valence electrons. The van der Waals surface area contributed by atoms with Gasteiger partial charge in [0.1, 0.15) is 12.4 Å². The second-order valence-electron chi connectivity index (χ2n) is 5.35. The summed E-state index contributed by atoms with van der Waals surface area (Å²) >= 11 is 5.99. The number of hydrogen-bond acceptors (Lipinski definition) is 4. The van der Waals surface area contributed by atoms with Gasteiger partial charge < -0.3 is 14.2 Å². The van der Waals surface area contributed by atoms with Crippen molar-refractivity contribution in [3.63, 3.8) is 0 Å². The molecular formula is C18H15ClF4O4. The quantitative estimate of drug-likeness (QED) is 0.358. The zero-order chi connectivity index (χ0) is 20.2. The lowest BCUT2D eigenvalue weighted by molar-refractivity contribution is -0.138. The average Bonchev–Trinajstić information content (AvgIpc) is 2.61. The third kappa shape index (κ3) is 5.03. The fraction of sp³-hybridized carbons (Fsp3) is 0.278. The number of methoxy groups -OCH3 is 1. The molecule has 0 N–H and O–H groups in total. The summed E-state index contributed by atoms with van der Waals surface area (Å²) in [6.45, 7) is 1.07. The highest BCUT2D eigenvalue weighted by Crippen LogP contribution is 2.37. The van der Waals surface area contributed by atoms with Crippen LogP contribution < -0.4 is 9.47 Å². The first-order valence-electron chi connectivity index (χ1n) is 7.73. The Balaban J connectivity index is 2.39. The van der Waals surface area contributed by atoms with Crippen LogP contribution in [0.4, 0.5) is 22.4 Å². The van der Waals surface area contributed by atoms with Crippen LogP contribution in [0.3, 0.4) is 0 Å². The maximum absolute atomic E-state index is 14.1. The molecule has 0 atom stereocenters. The molecule has 0 spiro atoms. The molecule has 0 radical (unpaired) electrons. The first-order valence-corrected chi connectivity index (χ1v) is 8.10. The highest BCUT2D eigenvalue weighted by Gasteiger charge is 2.35. The minimum atomic E-state index is -4.74. The highest BCUT2D eigenvalue weighted by molar-refractivity contribution is 6.31. The van der Waals surface area contributed by atoms with E-state index in [0.29, 0.717) is 12.0 Å². The zero-order valence-corrected chi connectivity index (χ0v) is 15.1. The van der Waals surface area contributed by atoms with Gasteiger partial charge in [-0.25, -0.2) is 9.18 Å². The second-order valence-corrected chi connectivity index (χ2v) is 5.76. The van der Waals surface area contributed by atoms with E-state index in [1.165, 1.54) is 6.07 Å². The summed E-state index contributed by atoms with van der Waals surface area (Å²) in [5.41, 5.74) is -1.03. The molecular weight excluding hydrogens is 392 g/mol. The Labute approximate surface area is 157 Å². The van der Waals surface area contributed by atoms with Gasteiger partial charge in [-0.3, -0.25) is 0 Å². The van der Waals surface area contributed by atoms with Crippen LogP contribution in [0.1, 0.15) is 23.6 Å². The number of alkyl halides is 3. The molecule has 2 rings (SSSR count). The smallest absolute Gasteiger partial charge is 0.486 e. The van der Waals surface area contributed by atoms with Crippen LogP contribution in [0, 0.1) is 5.82 Å². The van der Waals surface area contributed by atoms with Crippen LogP contribution >= 0.6 is 11.6 Å². The Kier molecular flexibility index (Phi) is 6.54. The molecule has 27 heavy (non-hydrogen) atoms. The number of aryl methyl sites for hydroxylation is 1. The Morgan fingerprint density at radius 3 is 2.48 bits per heavy atom. The maximum atomic E-state index is 14.1. The Morgan fingerprint density at radius 1 is 1.19 bits per heavy atom. The predicted molar refractivity (Wildman–Crippen MR) is 89.6 cm³/mol. The molecule has 9 heteroatoms.